The van der Waals surface area contributed by atoms with E-state index in [9.17, 15) is 15.3 Å². The molecule has 1 aliphatic heterocycles. The summed E-state index contributed by atoms with van der Waals surface area (Å²) in [6, 6.07) is 9.38. The molecule has 0 bridgehead atoms. The van der Waals surface area contributed by atoms with Crippen molar-refractivity contribution < 1.29 is 24.8 Å². The van der Waals surface area contributed by atoms with Gasteiger partial charge in [-0.05, 0) is 5.56 Å². The maximum absolute atomic E-state index is 9.67. The molecule has 1 aliphatic rings. The standard InChI is InChI=1S/C12H16O5/c13-9-7-17-12(15)11(10(9)14)16-6-8-4-2-1-3-5-8/h1-5,9-15H,6-7H2/t9-,10+,11+,12+/m1/s1. The van der Waals surface area contributed by atoms with Gasteiger partial charge in [-0.25, -0.2) is 0 Å². The first kappa shape index (κ1) is 12.5. The van der Waals surface area contributed by atoms with Crippen LogP contribution in [0.25, 0.3) is 0 Å². The van der Waals surface area contributed by atoms with E-state index in [1.54, 1.807) is 0 Å². The fraction of sp³-hybridized carbons (Fsp3) is 0.500. The van der Waals surface area contributed by atoms with Crippen molar-refractivity contribution in [2.75, 3.05) is 6.61 Å². The molecule has 94 valence electrons. The summed E-state index contributed by atoms with van der Waals surface area (Å²) in [5, 5.41) is 28.6. The number of benzene rings is 1. The molecule has 0 aliphatic carbocycles. The Morgan fingerprint density at radius 1 is 1.18 bits per heavy atom. The largest absolute Gasteiger partial charge is 0.388 e. The number of ether oxygens (including phenoxy) is 2. The van der Waals surface area contributed by atoms with Crippen molar-refractivity contribution in [3.63, 3.8) is 0 Å². The Hall–Kier alpha value is -0.980. The molecule has 5 heteroatoms. The van der Waals surface area contributed by atoms with Crippen molar-refractivity contribution in [2.45, 2.75) is 31.2 Å². The molecule has 0 unspecified atom stereocenters. The summed E-state index contributed by atoms with van der Waals surface area (Å²) in [5.74, 6) is 0. The van der Waals surface area contributed by atoms with Gasteiger partial charge in [0, 0.05) is 0 Å². The highest BCUT2D eigenvalue weighted by atomic mass is 16.6. The molecule has 3 N–H and O–H groups in total. The SMILES string of the molecule is O[C@@H]1[C@H](OCc2ccccc2)[C@@H](O)OC[C@H]1O. The number of aliphatic hydroxyl groups is 3. The summed E-state index contributed by atoms with van der Waals surface area (Å²) in [6.07, 6.45) is -4.31. The van der Waals surface area contributed by atoms with Gasteiger partial charge in [-0.2, -0.15) is 0 Å². The zero-order valence-electron chi connectivity index (χ0n) is 9.27. The average molecular weight is 240 g/mol. The van der Waals surface area contributed by atoms with E-state index in [1.165, 1.54) is 0 Å². The first-order chi connectivity index (χ1) is 8.18. The zero-order valence-corrected chi connectivity index (χ0v) is 9.27. The van der Waals surface area contributed by atoms with Gasteiger partial charge in [0.15, 0.2) is 6.29 Å². The molecule has 0 radical (unpaired) electrons. The van der Waals surface area contributed by atoms with E-state index >= 15 is 0 Å². The highest BCUT2D eigenvalue weighted by molar-refractivity contribution is 5.13. The van der Waals surface area contributed by atoms with Gasteiger partial charge in [-0.3, -0.25) is 0 Å². The molecule has 0 amide bonds. The minimum absolute atomic E-state index is 0.0898. The Morgan fingerprint density at radius 3 is 2.59 bits per heavy atom. The molecule has 1 aromatic carbocycles. The Balaban J connectivity index is 1.93. The summed E-state index contributed by atoms with van der Waals surface area (Å²) in [4.78, 5) is 0. The maximum Gasteiger partial charge on any atom is 0.183 e. The Kier molecular flexibility index (Phi) is 4.09. The van der Waals surface area contributed by atoms with Gasteiger partial charge >= 0.3 is 0 Å². The quantitative estimate of drug-likeness (QED) is 0.672. The molecule has 1 saturated heterocycles. The van der Waals surface area contributed by atoms with Crippen molar-refractivity contribution in [1.29, 1.82) is 0 Å². The monoisotopic (exact) mass is 240 g/mol. The Morgan fingerprint density at radius 2 is 1.88 bits per heavy atom. The lowest BCUT2D eigenvalue weighted by Crippen LogP contribution is -2.53. The smallest absolute Gasteiger partial charge is 0.183 e. The first-order valence-electron chi connectivity index (χ1n) is 5.50. The van der Waals surface area contributed by atoms with Crippen LogP contribution in [0.4, 0.5) is 0 Å². The van der Waals surface area contributed by atoms with Crippen LogP contribution in [-0.2, 0) is 16.1 Å². The van der Waals surface area contributed by atoms with Crippen LogP contribution in [0, 0.1) is 0 Å². The predicted octanol–water partition coefficient (Wildman–Crippen LogP) is -0.358. The zero-order chi connectivity index (χ0) is 12.3. The maximum atomic E-state index is 9.67. The van der Waals surface area contributed by atoms with Gasteiger partial charge in [0.25, 0.3) is 0 Å². The predicted molar refractivity (Wildman–Crippen MR) is 59.0 cm³/mol. The minimum Gasteiger partial charge on any atom is -0.388 e. The summed E-state index contributed by atoms with van der Waals surface area (Å²) in [5.41, 5.74) is 0.923. The normalized spacial score (nSPS) is 33.6. The van der Waals surface area contributed by atoms with Gasteiger partial charge < -0.3 is 24.8 Å². The van der Waals surface area contributed by atoms with E-state index in [2.05, 4.69) is 0 Å². The summed E-state index contributed by atoms with van der Waals surface area (Å²) in [7, 11) is 0. The van der Waals surface area contributed by atoms with Crippen LogP contribution >= 0.6 is 0 Å². The molecule has 5 nitrogen and oxygen atoms in total. The topological polar surface area (TPSA) is 79.2 Å². The fourth-order valence-electron chi connectivity index (χ4n) is 1.73. The van der Waals surface area contributed by atoms with E-state index in [-0.39, 0.29) is 13.2 Å². The summed E-state index contributed by atoms with van der Waals surface area (Å²) < 4.78 is 10.3. The molecular weight excluding hydrogens is 224 g/mol. The van der Waals surface area contributed by atoms with Gasteiger partial charge in [0.05, 0.1) is 13.2 Å². The van der Waals surface area contributed by atoms with Crippen LogP contribution in [-0.4, -0.2) is 46.5 Å². The number of hydrogen-bond acceptors (Lipinski definition) is 5. The van der Waals surface area contributed by atoms with E-state index < -0.39 is 24.6 Å². The lowest BCUT2D eigenvalue weighted by molar-refractivity contribution is -0.267. The molecule has 4 atom stereocenters. The van der Waals surface area contributed by atoms with Crippen LogP contribution in [0.5, 0.6) is 0 Å². The van der Waals surface area contributed by atoms with Gasteiger partial charge in [0.1, 0.15) is 18.3 Å². The lowest BCUT2D eigenvalue weighted by Gasteiger charge is -2.35. The molecule has 0 saturated carbocycles. The number of rotatable bonds is 3. The van der Waals surface area contributed by atoms with Crippen molar-refractivity contribution >= 4 is 0 Å². The van der Waals surface area contributed by atoms with Crippen LogP contribution in [0.2, 0.25) is 0 Å². The molecule has 0 spiro atoms. The van der Waals surface area contributed by atoms with E-state index in [0.717, 1.165) is 5.56 Å². The number of aliphatic hydroxyl groups excluding tert-OH is 3. The summed E-state index contributed by atoms with van der Waals surface area (Å²) in [6.45, 7) is 0.156. The van der Waals surface area contributed by atoms with E-state index in [1.807, 2.05) is 30.3 Å². The minimum atomic E-state index is -1.21. The molecule has 2 rings (SSSR count). The Bertz CT molecular complexity index is 342. The van der Waals surface area contributed by atoms with Crippen LogP contribution in [0.3, 0.4) is 0 Å². The summed E-state index contributed by atoms with van der Waals surface area (Å²) >= 11 is 0. The lowest BCUT2D eigenvalue weighted by atomic mass is 10.1. The van der Waals surface area contributed by atoms with Gasteiger partial charge in [-0.1, -0.05) is 30.3 Å². The van der Waals surface area contributed by atoms with Crippen molar-refractivity contribution in [3.05, 3.63) is 35.9 Å². The molecular formula is C12H16O5. The van der Waals surface area contributed by atoms with Gasteiger partial charge in [-0.15, -0.1) is 0 Å². The van der Waals surface area contributed by atoms with Crippen molar-refractivity contribution in [1.82, 2.24) is 0 Å². The van der Waals surface area contributed by atoms with Crippen LogP contribution < -0.4 is 0 Å². The second-order valence-electron chi connectivity index (χ2n) is 4.04. The molecule has 1 aromatic rings. The second kappa shape index (κ2) is 5.57. The first-order valence-corrected chi connectivity index (χ1v) is 5.50. The second-order valence-corrected chi connectivity index (χ2v) is 4.04. The highest BCUT2D eigenvalue weighted by Crippen LogP contribution is 2.18. The number of hydrogen-bond donors (Lipinski definition) is 3. The third kappa shape index (κ3) is 3.02. The van der Waals surface area contributed by atoms with E-state index in [0.29, 0.717) is 0 Å². The van der Waals surface area contributed by atoms with Crippen LogP contribution in [0.1, 0.15) is 5.56 Å². The Labute approximate surface area is 99.2 Å². The van der Waals surface area contributed by atoms with E-state index in [4.69, 9.17) is 9.47 Å². The van der Waals surface area contributed by atoms with Crippen LogP contribution in [0.15, 0.2) is 30.3 Å². The molecule has 0 aromatic heterocycles. The third-order valence-corrected chi connectivity index (χ3v) is 2.73. The molecule has 17 heavy (non-hydrogen) atoms. The van der Waals surface area contributed by atoms with Crippen molar-refractivity contribution in [2.24, 2.45) is 0 Å². The fourth-order valence-corrected chi connectivity index (χ4v) is 1.73. The molecule has 1 heterocycles. The average Bonchev–Trinajstić information content (AvgIpc) is 2.35. The third-order valence-electron chi connectivity index (χ3n) is 2.73. The highest BCUT2D eigenvalue weighted by Gasteiger charge is 2.38. The molecule has 1 fully saturated rings. The van der Waals surface area contributed by atoms with Crippen molar-refractivity contribution in [3.8, 4) is 0 Å². The van der Waals surface area contributed by atoms with Gasteiger partial charge in [0.2, 0.25) is 0 Å².